The summed E-state index contributed by atoms with van der Waals surface area (Å²) in [6.07, 6.45) is 10.3. The lowest BCUT2D eigenvalue weighted by atomic mass is 10.1. The first-order chi connectivity index (χ1) is 15.6. The lowest BCUT2D eigenvalue weighted by Gasteiger charge is -2.27. The van der Waals surface area contributed by atoms with Gasteiger partial charge in [0.05, 0.1) is 0 Å². The second-order valence-electron chi connectivity index (χ2n) is 8.88. The maximum absolute atomic E-state index is 12.7. The maximum atomic E-state index is 12.7. The Kier molecular flexibility index (Phi) is 7.84. The molecule has 0 unspecified atom stereocenters. The Morgan fingerprint density at radius 3 is 2.50 bits per heavy atom. The molecule has 0 aromatic heterocycles. The number of nitrogens with one attached hydrogen (secondary N) is 2. The number of carbonyl (C=O) groups excluding carboxylic acids is 3. The molecule has 1 aromatic rings. The topological polar surface area (TPSA) is 90.9 Å². The van der Waals surface area contributed by atoms with Gasteiger partial charge in [0.2, 0.25) is 5.91 Å². The molecule has 7 nitrogen and oxygen atoms in total. The van der Waals surface area contributed by atoms with Crippen LogP contribution >= 0.6 is 11.8 Å². The monoisotopic (exact) mass is 456 g/mol. The van der Waals surface area contributed by atoms with E-state index in [2.05, 4.69) is 20.5 Å². The molecule has 1 aliphatic carbocycles. The minimum absolute atomic E-state index is 0.0723. The van der Waals surface area contributed by atoms with Crippen molar-refractivity contribution < 1.29 is 14.4 Å². The van der Waals surface area contributed by atoms with E-state index in [-0.39, 0.29) is 30.2 Å². The predicted octanol–water partition coefficient (Wildman–Crippen LogP) is 3.95. The van der Waals surface area contributed by atoms with E-state index >= 15 is 0 Å². The number of amides is 3. The molecule has 2 N–H and O–H groups in total. The zero-order valence-electron chi connectivity index (χ0n) is 18.5. The van der Waals surface area contributed by atoms with Crippen LogP contribution in [0.4, 0.5) is 5.69 Å². The van der Waals surface area contributed by atoms with Crippen molar-refractivity contribution in [2.24, 2.45) is 4.99 Å². The van der Waals surface area contributed by atoms with Gasteiger partial charge in [0, 0.05) is 36.8 Å². The highest BCUT2D eigenvalue weighted by Gasteiger charge is 2.33. The van der Waals surface area contributed by atoms with Gasteiger partial charge >= 0.3 is 0 Å². The fourth-order valence-electron chi connectivity index (χ4n) is 4.54. The number of piperidine rings is 1. The Morgan fingerprint density at radius 2 is 1.75 bits per heavy atom. The van der Waals surface area contributed by atoms with Crippen molar-refractivity contribution in [2.45, 2.75) is 75.5 Å². The van der Waals surface area contributed by atoms with E-state index in [9.17, 15) is 14.4 Å². The summed E-state index contributed by atoms with van der Waals surface area (Å²) in [5.41, 5.74) is 1.10. The van der Waals surface area contributed by atoms with Crippen molar-refractivity contribution in [1.82, 2.24) is 10.2 Å². The van der Waals surface area contributed by atoms with Gasteiger partial charge in [-0.2, -0.15) is 4.99 Å². The third-order valence-corrected chi connectivity index (χ3v) is 7.54. The van der Waals surface area contributed by atoms with Gasteiger partial charge in [-0.05, 0) is 50.3 Å². The number of nitrogens with zero attached hydrogens (tertiary/aromatic N) is 2. The summed E-state index contributed by atoms with van der Waals surface area (Å²) in [5, 5.41) is 6.26. The molecule has 1 aromatic carbocycles. The predicted molar refractivity (Wildman–Crippen MR) is 128 cm³/mol. The van der Waals surface area contributed by atoms with Gasteiger partial charge in [-0.25, -0.2) is 0 Å². The summed E-state index contributed by atoms with van der Waals surface area (Å²) in [7, 11) is 0. The number of aliphatic imine (C=N–C) groups is 1. The quantitative estimate of drug-likeness (QED) is 0.655. The average molecular weight is 457 g/mol. The Balaban J connectivity index is 1.29. The van der Waals surface area contributed by atoms with Crippen LogP contribution in [0.5, 0.6) is 0 Å². The van der Waals surface area contributed by atoms with Crippen LogP contribution in [0.25, 0.3) is 0 Å². The fraction of sp³-hybridized carbons (Fsp3) is 0.583. The van der Waals surface area contributed by atoms with Crippen molar-refractivity contribution in [3.05, 3.63) is 29.8 Å². The lowest BCUT2D eigenvalue weighted by molar-refractivity contribution is -0.121. The highest BCUT2D eigenvalue weighted by molar-refractivity contribution is 8.15. The number of hydrogen-bond donors (Lipinski definition) is 2. The molecule has 0 spiro atoms. The number of carbonyl (C=O) groups is 3. The summed E-state index contributed by atoms with van der Waals surface area (Å²) >= 11 is 1.39. The second-order valence-corrected chi connectivity index (χ2v) is 10.1. The molecule has 0 radical (unpaired) electrons. The summed E-state index contributed by atoms with van der Waals surface area (Å²) in [4.78, 5) is 43.9. The standard InChI is InChI=1S/C24H32N4O3S/c29-21(16-20-23(31)27-24(32-20)28-13-6-3-7-14-28)25-19-12-8-9-17(15-19)22(30)26-18-10-4-1-2-5-11-18/h8-9,12,15,18,20H,1-7,10-11,13-14,16H2,(H,25,29)(H,26,30)/t20-/m0/s1. The summed E-state index contributed by atoms with van der Waals surface area (Å²) < 4.78 is 0. The molecule has 2 aliphatic heterocycles. The van der Waals surface area contributed by atoms with E-state index in [1.807, 2.05) is 0 Å². The van der Waals surface area contributed by atoms with Gasteiger partial charge in [-0.3, -0.25) is 14.4 Å². The maximum Gasteiger partial charge on any atom is 0.262 e. The Labute approximate surface area is 193 Å². The zero-order chi connectivity index (χ0) is 22.3. The number of hydrogen-bond acceptors (Lipinski definition) is 5. The third-order valence-electron chi connectivity index (χ3n) is 6.33. The molecular weight excluding hydrogens is 424 g/mol. The van der Waals surface area contributed by atoms with Crippen molar-refractivity contribution in [2.75, 3.05) is 18.4 Å². The molecule has 4 rings (SSSR count). The highest BCUT2D eigenvalue weighted by Crippen LogP contribution is 2.29. The molecule has 1 saturated carbocycles. The summed E-state index contributed by atoms with van der Waals surface area (Å²) in [6.45, 7) is 1.85. The van der Waals surface area contributed by atoms with Crippen LogP contribution in [0.15, 0.2) is 29.3 Å². The Morgan fingerprint density at radius 1 is 1.03 bits per heavy atom. The minimum atomic E-state index is -0.478. The summed E-state index contributed by atoms with van der Waals surface area (Å²) in [5.74, 6) is -0.580. The molecule has 2 heterocycles. The van der Waals surface area contributed by atoms with Crippen LogP contribution in [-0.4, -0.2) is 52.2 Å². The minimum Gasteiger partial charge on any atom is -0.351 e. The van der Waals surface area contributed by atoms with Crippen LogP contribution in [0.1, 0.15) is 74.6 Å². The molecule has 1 atom stereocenters. The second kappa shape index (κ2) is 11.0. The van der Waals surface area contributed by atoms with Crippen molar-refractivity contribution in [1.29, 1.82) is 0 Å². The number of rotatable bonds is 5. The van der Waals surface area contributed by atoms with Crippen molar-refractivity contribution in [3.63, 3.8) is 0 Å². The first-order valence-corrected chi connectivity index (χ1v) is 12.7. The van der Waals surface area contributed by atoms with Gasteiger partial charge < -0.3 is 15.5 Å². The number of anilines is 1. The van der Waals surface area contributed by atoms with Crippen LogP contribution in [-0.2, 0) is 9.59 Å². The smallest absolute Gasteiger partial charge is 0.262 e. The van der Waals surface area contributed by atoms with Gasteiger partial charge in [0.25, 0.3) is 11.8 Å². The van der Waals surface area contributed by atoms with Crippen molar-refractivity contribution in [3.8, 4) is 0 Å². The van der Waals surface area contributed by atoms with Crippen molar-refractivity contribution >= 4 is 40.3 Å². The molecule has 3 aliphatic rings. The van der Waals surface area contributed by atoms with Gasteiger partial charge in [0.1, 0.15) is 5.25 Å². The van der Waals surface area contributed by atoms with Crippen LogP contribution in [0.2, 0.25) is 0 Å². The SMILES string of the molecule is O=C(C[C@@H]1SC(N2CCCCC2)=NC1=O)Nc1cccc(C(=O)NC2CCCCCC2)c1. The van der Waals surface area contributed by atoms with Gasteiger partial charge in [-0.15, -0.1) is 0 Å². The largest absolute Gasteiger partial charge is 0.351 e. The third kappa shape index (κ3) is 6.12. The van der Waals surface area contributed by atoms with E-state index in [1.165, 1.54) is 31.0 Å². The zero-order valence-corrected chi connectivity index (χ0v) is 19.3. The normalized spacial score (nSPS) is 22.2. The number of benzene rings is 1. The molecule has 0 bridgehead atoms. The van der Waals surface area contributed by atoms with E-state index in [1.54, 1.807) is 24.3 Å². The molecule has 2 fully saturated rings. The lowest BCUT2D eigenvalue weighted by Crippen LogP contribution is -2.34. The highest BCUT2D eigenvalue weighted by atomic mass is 32.2. The molecule has 8 heteroatoms. The summed E-state index contributed by atoms with van der Waals surface area (Å²) in [6, 6.07) is 7.22. The Hall–Kier alpha value is -2.35. The van der Waals surface area contributed by atoms with E-state index in [0.29, 0.717) is 11.3 Å². The van der Waals surface area contributed by atoms with Crippen LogP contribution < -0.4 is 10.6 Å². The van der Waals surface area contributed by atoms with Gasteiger partial charge in [0.15, 0.2) is 5.17 Å². The number of amidine groups is 1. The first-order valence-electron chi connectivity index (χ1n) is 11.8. The Bertz CT molecular complexity index is 874. The van der Waals surface area contributed by atoms with Crippen LogP contribution in [0, 0.1) is 0 Å². The van der Waals surface area contributed by atoms with E-state index in [0.717, 1.165) is 56.8 Å². The van der Waals surface area contributed by atoms with Gasteiger partial charge in [-0.1, -0.05) is 43.5 Å². The average Bonchev–Trinajstić information content (AvgIpc) is 2.98. The first kappa shape index (κ1) is 22.8. The molecule has 3 amide bonds. The van der Waals surface area contributed by atoms with E-state index in [4.69, 9.17) is 0 Å². The van der Waals surface area contributed by atoms with E-state index < -0.39 is 5.25 Å². The molecule has 1 saturated heterocycles. The fourth-order valence-corrected chi connectivity index (χ4v) is 5.66. The number of likely N-dealkylation sites (tertiary alicyclic amines) is 1. The molecular formula is C24H32N4O3S. The molecule has 172 valence electrons. The molecule has 32 heavy (non-hydrogen) atoms. The number of thioether (sulfide) groups is 1. The van der Waals surface area contributed by atoms with Crippen LogP contribution in [0.3, 0.4) is 0 Å².